The summed E-state index contributed by atoms with van der Waals surface area (Å²) in [5.41, 5.74) is 1.09. The van der Waals surface area contributed by atoms with Crippen molar-refractivity contribution in [1.82, 2.24) is 5.32 Å². The molecule has 0 saturated carbocycles. The van der Waals surface area contributed by atoms with Crippen molar-refractivity contribution in [2.45, 2.75) is 0 Å². The van der Waals surface area contributed by atoms with Crippen molar-refractivity contribution in [1.29, 1.82) is 0 Å². The number of halogens is 1. The van der Waals surface area contributed by atoms with E-state index in [1.807, 2.05) is 12.1 Å². The Kier molecular flexibility index (Phi) is 6.07. The molecule has 0 aromatic heterocycles. The van der Waals surface area contributed by atoms with Gasteiger partial charge in [-0.3, -0.25) is 20.2 Å². The van der Waals surface area contributed by atoms with Crippen molar-refractivity contribution in [2.24, 2.45) is 10.2 Å². The number of carbonyl (C=O) groups excluding carboxylic acids is 1. The number of nitrogens with zero attached hydrogens (tertiary/aromatic N) is 3. The lowest BCUT2D eigenvalue weighted by Gasteiger charge is -1.99. The van der Waals surface area contributed by atoms with Gasteiger partial charge in [-0.05, 0) is 41.6 Å². The van der Waals surface area contributed by atoms with Crippen molar-refractivity contribution in [3.63, 3.8) is 0 Å². The van der Waals surface area contributed by atoms with Gasteiger partial charge in [-0.15, -0.1) is 5.10 Å². The Morgan fingerprint density at radius 1 is 1.21 bits per heavy atom. The molecule has 1 aliphatic heterocycles. The molecule has 8 nitrogen and oxygen atoms in total. The number of rotatable bonds is 5. The molecule has 2 aromatic rings. The van der Waals surface area contributed by atoms with Gasteiger partial charge in [-0.25, -0.2) is 0 Å². The number of hydrogen-bond acceptors (Lipinski definition) is 7. The highest BCUT2D eigenvalue weighted by Crippen LogP contribution is 2.27. The van der Waals surface area contributed by atoms with Crippen molar-refractivity contribution < 1.29 is 14.5 Å². The molecule has 3 rings (SSSR count). The summed E-state index contributed by atoms with van der Waals surface area (Å²) in [7, 11) is 1.58. The second-order valence-electron chi connectivity index (χ2n) is 5.46. The first-order valence-electron chi connectivity index (χ1n) is 7.86. The Morgan fingerprint density at radius 3 is 2.61 bits per heavy atom. The van der Waals surface area contributed by atoms with Gasteiger partial charge in [-0.1, -0.05) is 29.8 Å². The Hall–Kier alpha value is -3.17. The summed E-state index contributed by atoms with van der Waals surface area (Å²) in [6.07, 6.45) is 3.07. The van der Waals surface area contributed by atoms with Crippen molar-refractivity contribution >= 4 is 52.4 Å². The molecule has 1 amide bonds. The van der Waals surface area contributed by atoms with Gasteiger partial charge in [0.1, 0.15) is 10.8 Å². The molecular weight excluding hydrogens is 404 g/mol. The molecule has 2 aromatic carbocycles. The largest absolute Gasteiger partial charge is 0.497 e. The fourth-order valence-corrected chi connectivity index (χ4v) is 3.19. The van der Waals surface area contributed by atoms with Crippen LogP contribution >= 0.6 is 23.4 Å². The van der Waals surface area contributed by atoms with E-state index < -0.39 is 4.92 Å². The summed E-state index contributed by atoms with van der Waals surface area (Å²) in [4.78, 5) is 22.9. The Morgan fingerprint density at radius 2 is 1.93 bits per heavy atom. The first kappa shape index (κ1) is 19.6. The zero-order valence-electron chi connectivity index (χ0n) is 14.5. The second kappa shape index (κ2) is 8.68. The molecule has 0 spiro atoms. The van der Waals surface area contributed by atoms with E-state index >= 15 is 0 Å². The number of amidine groups is 1. The van der Waals surface area contributed by atoms with Crippen LogP contribution in [0.3, 0.4) is 0 Å². The van der Waals surface area contributed by atoms with E-state index in [-0.39, 0.29) is 16.6 Å². The maximum Gasteiger partial charge on any atom is 0.288 e. The summed E-state index contributed by atoms with van der Waals surface area (Å²) in [5.74, 6) is 0.446. The van der Waals surface area contributed by atoms with Crippen molar-refractivity contribution in [3.8, 4) is 5.75 Å². The van der Waals surface area contributed by atoms with Gasteiger partial charge < -0.3 is 4.74 Å². The van der Waals surface area contributed by atoms with Crippen molar-refractivity contribution in [3.05, 3.63) is 73.6 Å². The van der Waals surface area contributed by atoms with Gasteiger partial charge in [0, 0.05) is 11.6 Å². The highest BCUT2D eigenvalue weighted by molar-refractivity contribution is 8.18. The first-order chi connectivity index (χ1) is 13.5. The zero-order valence-corrected chi connectivity index (χ0v) is 16.0. The standard InChI is InChI=1S/C18H13ClN4O4S/c1-27-13-5-2-11(3-6-13)9-16-17(24)21-18(28-16)22-20-10-12-4-7-14(19)15(8-12)23(25)26/h2-10H,1H3,(H,21,22,24)/b16-9+,20-10+. The Balaban J connectivity index is 1.71. The van der Waals surface area contributed by atoms with Gasteiger partial charge >= 0.3 is 0 Å². The summed E-state index contributed by atoms with van der Waals surface area (Å²) < 4.78 is 5.10. The summed E-state index contributed by atoms with van der Waals surface area (Å²) >= 11 is 6.91. The number of nitrogens with one attached hydrogen (secondary N) is 1. The Labute approximate surface area is 169 Å². The number of nitro benzene ring substituents is 1. The first-order valence-corrected chi connectivity index (χ1v) is 9.05. The number of nitro groups is 1. The third-order valence-corrected chi connectivity index (χ3v) is 4.81. The van der Waals surface area contributed by atoms with E-state index in [0.29, 0.717) is 15.6 Å². The average Bonchev–Trinajstić information content (AvgIpc) is 3.02. The van der Waals surface area contributed by atoms with Crippen LogP contribution in [0.4, 0.5) is 5.69 Å². The minimum Gasteiger partial charge on any atom is -0.497 e. The van der Waals surface area contributed by atoms with Crippen LogP contribution in [0.2, 0.25) is 5.02 Å². The molecule has 0 aliphatic carbocycles. The lowest BCUT2D eigenvalue weighted by atomic mass is 10.2. The molecule has 1 aliphatic rings. The number of amides is 1. The van der Waals surface area contributed by atoms with Gasteiger partial charge in [0.25, 0.3) is 11.6 Å². The molecular formula is C18H13ClN4O4S. The molecule has 0 radical (unpaired) electrons. The lowest BCUT2D eigenvalue weighted by molar-refractivity contribution is -0.384. The molecule has 1 heterocycles. The van der Waals surface area contributed by atoms with Crippen LogP contribution in [0.15, 0.2) is 57.6 Å². The molecule has 1 saturated heterocycles. The number of benzene rings is 2. The molecule has 28 heavy (non-hydrogen) atoms. The minimum absolute atomic E-state index is 0.0420. The fourth-order valence-electron chi connectivity index (χ4n) is 2.22. The molecule has 1 fully saturated rings. The third-order valence-electron chi connectivity index (χ3n) is 3.59. The third kappa shape index (κ3) is 4.76. The van der Waals surface area contributed by atoms with E-state index in [2.05, 4.69) is 15.5 Å². The highest BCUT2D eigenvalue weighted by Gasteiger charge is 2.23. The molecule has 1 N–H and O–H groups in total. The number of thioether (sulfide) groups is 1. The molecule has 0 unspecified atom stereocenters. The lowest BCUT2D eigenvalue weighted by Crippen LogP contribution is -2.19. The van der Waals surface area contributed by atoms with Crippen LogP contribution < -0.4 is 10.1 Å². The molecule has 142 valence electrons. The maximum absolute atomic E-state index is 12.1. The smallest absolute Gasteiger partial charge is 0.288 e. The van der Waals surface area contributed by atoms with E-state index in [0.717, 1.165) is 23.1 Å². The van der Waals surface area contributed by atoms with Gasteiger partial charge in [0.05, 0.1) is 23.2 Å². The average molecular weight is 417 g/mol. The quantitative estimate of drug-likeness (QED) is 0.345. The normalized spacial score (nSPS) is 16.7. The maximum atomic E-state index is 12.1. The monoisotopic (exact) mass is 416 g/mol. The summed E-state index contributed by atoms with van der Waals surface area (Å²) in [5, 5.41) is 21.7. The van der Waals surface area contributed by atoms with E-state index in [1.165, 1.54) is 18.3 Å². The van der Waals surface area contributed by atoms with Crippen LogP contribution in [0.5, 0.6) is 5.75 Å². The van der Waals surface area contributed by atoms with Crippen LogP contribution in [-0.4, -0.2) is 29.3 Å². The van der Waals surface area contributed by atoms with E-state index in [1.54, 1.807) is 31.4 Å². The van der Waals surface area contributed by atoms with Crippen LogP contribution in [0, 0.1) is 10.1 Å². The zero-order chi connectivity index (χ0) is 20.1. The predicted molar refractivity (Wildman–Crippen MR) is 110 cm³/mol. The van der Waals surface area contributed by atoms with Gasteiger partial charge in [0.2, 0.25) is 0 Å². The SMILES string of the molecule is COc1ccc(/C=C2/S/C(=N/N=C/c3ccc(Cl)c([N+](=O)[O-])c3)NC2=O)cc1. The topological polar surface area (TPSA) is 106 Å². The Bertz CT molecular complexity index is 1020. The van der Waals surface area contributed by atoms with Crippen LogP contribution in [-0.2, 0) is 4.79 Å². The highest BCUT2D eigenvalue weighted by atomic mass is 35.5. The van der Waals surface area contributed by atoms with Gasteiger partial charge in [-0.2, -0.15) is 5.10 Å². The summed E-state index contributed by atoms with van der Waals surface area (Å²) in [6, 6.07) is 11.6. The number of ether oxygens (including phenoxy) is 1. The minimum atomic E-state index is -0.575. The fraction of sp³-hybridized carbons (Fsp3) is 0.0556. The number of hydrogen-bond donors (Lipinski definition) is 1. The van der Waals surface area contributed by atoms with Crippen LogP contribution in [0.25, 0.3) is 6.08 Å². The van der Waals surface area contributed by atoms with Gasteiger partial charge in [0.15, 0.2) is 5.17 Å². The molecule has 0 atom stereocenters. The van der Waals surface area contributed by atoms with Crippen molar-refractivity contribution in [2.75, 3.05) is 7.11 Å². The second-order valence-corrected chi connectivity index (χ2v) is 6.89. The number of carbonyl (C=O) groups is 1. The number of methoxy groups -OCH3 is 1. The van der Waals surface area contributed by atoms with E-state index in [9.17, 15) is 14.9 Å². The molecule has 0 bridgehead atoms. The van der Waals surface area contributed by atoms with Crippen LogP contribution in [0.1, 0.15) is 11.1 Å². The predicted octanol–water partition coefficient (Wildman–Crippen LogP) is 3.85. The van der Waals surface area contributed by atoms with E-state index in [4.69, 9.17) is 16.3 Å². The summed E-state index contributed by atoms with van der Waals surface area (Å²) in [6.45, 7) is 0. The molecule has 10 heteroatoms.